The van der Waals surface area contributed by atoms with Gasteiger partial charge in [-0.05, 0) is 45.8 Å². The molecule has 32 heavy (non-hydrogen) atoms. The van der Waals surface area contributed by atoms with E-state index in [2.05, 4.69) is 16.5 Å². The minimum Gasteiger partial charge on any atom is -0.474 e. The lowest BCUT2D eigenvalue weighted by molar-refractivity contribution is -0.00308. The van der Waals surface area contributed by atoms with Crippen molar-refractivity contribution < 1.29 is 9.47 Å². The highest BCUT2D eigenvalue weighted by Crippen LogP contribution is 2.33. The molecular weight excluding hydrogens is 404 g/mol. The normalized spacial score (nSPS) is 15.3. The van der Waals surface area contributed by atoms with Gasteiger partial charge < -0.3 is 19.4 Å². The first-order chi connectivity index (χ1) is 15.3. The number of piperidine rings is 1. The van der Waals surface area contributed by atoms with Crippen molar-refractivity contribution >= 4 is 5.65 Å². The first-order valence-electron chi connectivity index (χ1n) is 11.1. The molecule has 1 saturated heterocycles. The number of methoxy groups -OCH3 is 1. The summed E-state index contributed by atoms with van der Waals surface area (Å²) < 4.78 is 13.3. The van der Waals surface area contributed by atoms with Crippen molar-refractivity contribution in [3.63, 3.8) is 0 Å². The smallest absolute Gasteiger partial charge is 0.251 e. The molecule has 2 aromatic heterocycles. The van der Waals surface area contributed by atoms with Crippen LogP contribution >= 0.6 is 0 Å². The van der Waals surface area contributed by atoms with Crippen LogP contribution in [0.1, 0.15) is 50.9 Å². The summed E-state index contributed by atoms with van der Waals surface area (Å²) >= 11 is 0. The fraction of sp³-hybridized carbons (Fsp3) is 0.440. The largest absolute Gasteiger partial charge is 0.474 e. The van der Waals surface area contributed by atoms with Crippen LogP contribution in [0.5, 0.6) is 0 Å². The summed E-state index contributed by atoms with van der Waals surface area (Å²) in [5, 5.41) is 4.86. The van der Waals surface area contributed by atoms with Gasteiger partial charge >= 0.3 is 0 Å². The molecule has 1 aliphatic heterocycles. The van der Waals surface area contributed by atoms with Crippen LogP contribution in [0.2, 0.25) is 0 Å². The fourth-order valence-electron chi connectivity index (χ4n) is 4.39. The lowest BCUT2D eigenvalue weighted by Gasteiger charge is -2.36. The summed E-state index contributed by atoms with van der Waals surface area (Å²) in [7, 11) is 1.66. The van der Waals surface area contributed by atoms with E-state index in [0.717, 1.165) is 48.4 Å². The van der Waals surface area contributed by atoms with Gasteiger partial charge in [0.15, 0.2) is 5.88 Å². The molecule has 0 bridgehead atoms. The van der Waals surface area contributed by atoms with E-state index in [0.29, 0.717) is 18.1 Å². The van der Waals surface area contributed by atoms with Crippen LogP contribution in [0.25, 0.3) is 16.8 Å². The Morgan fingerprint density at radius 2 is 1.91 bits per heavy atom. The minimum atomic E-state index is -0.270. The Kier molecular flexibility index (Phi) is 6.11. The van der Waals surface area contributed by atoms with Gasteiger partial charge in [-0.3, -0.25) is 4.79 Å². The Morgan fingerprint density at radius 1 is 1.22 bits per heavy atom. The van der Waals surface area contributed by atoms with E-state index in [1.165, 1.54) is 0 Å². The van der Waals surface area contributed by atoms with E-state index in [1.807, 2.05) is 55.6 Å². The third-order valence-corrected chi connectivity index (χ3v) is 5.76. The van der Waals surface area contributed by atoms with Crippen LogP contribution in [0.4, 0.5) is 0 Å². The third-order valence-electron chi connectivity index (χ3n) is 5.76. The monoisotopic (exact) mass is 436 g/mol. The summed E-state index contributed by atoms with van der Waals surface area (Å²) in [6, 6.07) is 11.7. The maximum atomic E-state index is 12.7. The average molecular weight is 437 g/mol. The summed E-state index contributed by atoms with van der Waals surface area (Å²) in [5.74, 6) is 0.928. The highest BCUT2D eigenvalue weighted by atomic mass is 16.5. The highest BCUT2D eigenvalue weighted by Gasteiger charge is 2.27. The van der Waals surface area contributed by atoms with Crippen LogP contribution in [0.15, 0.2) is 53.7 Å². The van der Waals surface area contributed by atoms with Crippen molar-refractivity contribution in [1.29, 1.82) is 0 Å². The van der Waals surface area contributed by atoms with E-state index in [4.69, 9.17) is 14.6 Å². The van der Waals surface area contributed by atoms with Crippen molar-refractivity contribution in [2.75, 3.05) is 20.2 Å². The Labute approximate surface area is 188 Å². The lowest BCUT2D eigenvalue weighted by atomic mass is 9.93. The van der Waals surface area contributed by atoms with E-state index in [9.17, 15) is 4.79 Å². The Balaban J connectivity index is 1.67. The molecule has 7 nitrogen and oxygen atoms in total. The number of aromatic nitrogens is 3. The minimum absolute atomic E-state index is 0.114. The van der Waals surface area contributed by atoms with Crippen molar-refractivity contribution in [3.8, 4) is 11.1 Å². The molecule has 0 unspecified atom stereocenters. The average Bonchev–Trinajstić information content (AvgIpc) is 3.10. The van der Waals surface area contributed by atoms with Crippen LogP contribution in [0.3, 0.4) is 0 Å². The maximum Gasteiger partial charge on any atom is 0.251 e. The van der Waals surface area contributed by atoms with Gasteiger partial charge in [-0.15, -0.1) is 0 Å². The molecular formula is C25H32N4O3. The number of likely N-dealkylation sites (tertiary alicyclic amines) is 1. The quantitative estimate of drug-likeness (QED) is 0.583. The molecule has 0 saturated carbocycles. The molecule has 0 spiro atoms. The summed E-state index contributed by atoms with van der Waals surface area (Å²) in [6.07, 6.45) is 1.79. The van der Waals surface area contributed by atoms with Gasteiger partial charge in [0.05, 0.1) is 23.6 Å². The topological polar surface area (TPSA) is 71.9 Å². The van der Waals surface area contributed by atoms with Gasteiger partial charge in [0.1, 0.15) is 11.2 Å². The van der Waals surface area contributed by atoms with Crippen LogP contribution in [-0.2, 0) is 16.1 Å². The molecule has 170 valence electrons. The lowest BCUT2D eigenvalue weighted by Crippen LogP contribution is -2.36. The van der Waals surface area contributed by atoms with E-state index >= 15 is 0 Å². The van der Waals surface area contributed by atoms with Crippen LogP contribution in [0, 0.1) is 0 Å². The Morgan fingerprint density at radius 3 is 2.53 bits per heavy atom. The molecule has 1 N–H and O–H groups in total. The number of hydrogen-bond donors (Lipinski definition) is 1. The van der Waals surface area contributed by atoms with Crippen molar-refractivity contribution in [2.45, 2.75) is 51.7 Å². The van der Waals surface area contributed by atoms with Crippen LogP contribution in [-0.4, -0.2) is 45.3 Å². The molecule has 0 atom stereocenters. The van der Waals surface area contributed by atoms with Crippen LogP contribution < -0.4 is 5.56 Å². The molecule has 7 heteroatoms. The van der Waals surface area contributed by atoms with Gasteiger partial charge in [0.2, 0.25) is 0 Å². The van der Waals surface area contributed by atoms with Gasteiger partial charge in [-0.1, -0.05) is 30.3 Å². The summed E-state index contributed by atoms with van der Waals surface area (Å²) in [4.78, 5) is 17.8. The predicted molar refractivity (Wildman–Crippen MR) is 125 cm³/mol. The number of fused-ring (bicyclic) bond motifs is 1. The number of benzene rings is 1. The Bertz CT molecular complexity index is 1150. The van der Waals surface area contributed by atoms with Gasteiger partial charge in [-0.25, -0.2) is 4.52 Å². The van der Waals surface area contributed by atoms with E-state index in [1.54, 1.807) is 13.2 Å². The second-order valence-corrected chi connectivity index (χ2v) is 9.31. The number of hydrogen-bond acceptors (Lipinski definition) is 5. The molecule has 0 radical (unpaired) electrons. The zero-order valence-electron chi connectivity index (χ0n) is 19.4. The second-order valence-electron chi connectivity index (χ2n) is 9.31. The molecule has 1 fully saturated rings. The third kappa shape index (κ3) is 4.58. The fourth-order valence-corrected chi connectivity index (χ4v) is 4.39. The molecule has 3 heterocycles. The second kappa shape index (κ2) is 8.82. The molecule has 0 amide bonds. The molecule has 3 aromatic rings. The molecule has 1 aromatic carbocycles. The van der Waals surface area contributed by atoms with E-state index in [-0.39, 0.29) is 17.1 Å². The number of rotatable bonds is 6. The van der Waals surface area contributed by atoms with E-state index < -0.39 is 0 Å². The molecule has 0 aliphatic carbocycles. The van der Waals surface area contributed by atoms with Gasteiger partial charge in [0.25, 0.3) is 5.56 Å². The Hall–Kier alpha value is -3.06. The summed E-state index contributed by atoms with van der Waals surface area (Å²) in [5.41, 5.74) is 4.00. The van der Waals surface area contributed by atoms with Crippen molar-refractivity contribution in [3.05, 3.63) is 70.6 Å². The maximum absolute atomic E-state index is 12.7. The summed E-state index contributed by atoms with van der Waals surface area (Å²) in [6.45, 7) is 12.2. The number of ether oxygens (including phenoxy) is 2. The highest BCUT2D eigenvalue weighted by molar-refractivity contribution is 5.80. The molecule has 4 rings (SSSR count). The number of nitrogens with one attached hydrogen (secondary N) is 1. The van der Waals surface area contributed by atoms with Gasteiger partial charge in [0, 0.05) is 32.2 Å². The van der Waals surface area contributed by atoms with Crippen molar-refractivity contribution in [1.82, 2.24) is 19.5 Å². The number of aromatic amines is 1. The van der Waals surface area contributed by atoms with Crippen molar-refractivity contribution in [2.24, 2.45) is 0 Å². The standard InChI is InChI=1S/C25H32N4O3/c1-17(32-25(2,3)4)28-13-11-18(12-14-28)21-15-22(30)26-24-23(19-9-7-6-8-10-19)20(16-31-5)27-29(21)24/h6-10,15,18H,1,11-14,16H2,2-5H3,(H,26,30). The zero-order chi connectivity index (χ0) is 22.9. The molecule has 1 aliphatic rings. The SMILES string of the molecule is C=C(OC(C)(C)C)N1CCC(c2cc(=O)[nH]c3c(-c4ccccc4)c(COC)nn23)CC1. The first kappa shape index (κ1) is 22.1. The predicted octanol–water partition coefficient (Wildman–Crippen LogP) is 4.30. The zero-order valence-corrected chi connectivity index (χ0v) is 19.4. The number of nitrogens with zero attached hydrogens (tertiary/aromatic N) is 3. The van der Waals surface area contributed by atoms with Gasteiger partial charge in [-0.2, -0.15) is 5.10 Å². The number of H-pyrrole nitrogens is 1. The first-order valence-corrected chi connectivity index (χ1v) is 11.1.